The predicted octanol–water partition coefficient (Wildman–Crippen LogP) is 2.66. The highest BCUT2D eigenvalue weighted by molar-refractivity contribution is 6.06. The standard InChI is InChI=1S/C17H18N2O2/c1-11-9-16(20)14(10-18-11)17(21)19-12(2)7-8-13-5-3-4-6-15(13)19/h3-6,9-10,12H,7-8H2,1-2H3,(H,18,20). The van der Waals surface area contributed by atoms with Gasteiger partial charge in [0.15, 0.2) is 5.43 Å². The van der Waals surface area contributed by atoms with Crippen LogP contribution >= 0.6 is 0 Å². The number of amides is 1. The molecule has 1 aliphatic heterocycles. The van der Waals surface area contributed by atoms with Gasteiger partial charge in [-0.25, -0.2) is 0 Å². The molecule has 0 fully saturated rings. The van der Waals surface area contributed by atoms with Gasteiger partial charge >= 0.3 is 0 Å². The van der Waals surface area contributed by atoms with Crippen LogP contribution in [0.4, 0.5) is 5.69 Å². The van der Waals surface area contributed by atoms with Gasteiger partial charge in [0.2, 0.25) is 0 Å². The van der Waals surface area contributed by atoms with Crippen molar-refractivity contribution in [3.8, 4) is 0 Å². The third kappa shape index (κ3) is 2.37. The Kier molecular flexibility index (Phi) is 3.37. The zero-order valence-electron chi connectivity index (χ0n) is 12.2. The number of carbonyl (C=O) groups excluding carboxylic acids is 1. The van der Waals surface area contributed by atoms with Gasteiger partial charge in [-0.15, -0.1) is 0 Å². The molecular formula is C17H18N2O2. The fraction of sp³-hybridized carbons (Fsp3) is 0.294. The lowest BCUT2D eigenvalue weighted by atomic mass is 9.96. The Morgan fingerprint density at radius 3 is 2.86 bits per heavy atom. The minimum absolute atomic E-state index is 0.0908. The van der Waals surface area contributed by atoms with E-state index in [-0.39, 0.29) is 22.9 Å². The number of rotatable bonds is 1. The first-order chi connectivity index (χ1) is 10.1. The SMILES string of the molecule is Cc1cc(=O)c(C(=O)N2c3ccccc3CCC2C)c[nH]1. The molecule has 4 heteroatoms. The van der Waals surface area contributed by atoms with E-state index in [0.29, 0.717) is 0 Å². The zero-order chi connectivity index (χ0) is 15.0. The molecule has 1 unspecified atom stereocenters. The van der Waals surface area contributed by atoms with Gasteiger partial charge in [0, 0.05) is 29.7 Å². The fourth-order valence-electron chi connectivity index (χ4n) is 2.87. The van der Waals surface area contributed by atoms with E-state index in [9.17, 15) is 9.59 Å². The predicted molar refractivity (Wildman–Crippen MR) is 82.8 cm³/mol. The second-order valence-electron chi connectivity index (χ2n) is 5.59. The van der Waals surface area contributed by atoms with Crippen LogP contribution in [-0.2, 0) is 6.42 Å². The summed E-state index contributed by atoms with van der Waals surface area (Å²) in [7, 11) is 0. The van der Waals surface area contributed by atoms with Gasteiger partial charge in [-0.05, 0) is 38.3 Å². The van der Waals surface area contributed by atoms with Crippen LogP contribution < -0.4 is 10.3 Å². The van der Waals surface area contributed by atoms with E-state index in [4.69, 9.17) is 0 Å². The van der Waals surface area contributed by atoms with Gasteiger partial charge in [-0.2, -0.15) is 0 Å². The van der Waals surface area contributed by atoms with E-state index in [1.54, 1.807) is 11.8 Å². The molecule has 1 aromatic carbocycles. The van der Waals surface area contributed by atoms with Crippen molar-refractivity contribution in [1.82, 2.24) is 4.98 Å². The Morgan fingerprint density at radius 2 is 2.10 bits per heavy atom. The third-order valence-electron chi connectivity index (χ3n) is 4.03. The zero-order valence-corrected chi connectivity index (χ0v) is 12.2. The molecule has 2 heterocycles. The number of hydrogen-bond acceptors (Lipinski definition) is 2. The molecule has 108 valence electrons. The molecular weight excluding hydrogens is 264 g/mol. The normalized spacial score (nSPS) is 17.4. The minimum atomic E-state index is -0.230. The van der Waals surface area contributed by atoms with E-state index < -0.39 is 0 Å². The van der Waals surface area contributed by atoms with Crippen LogP contribution in [-0.4, -0.2) is 16.9 Å². The van der Waals surface area contributed by atoms with Crippen molar-refractivity contribution in [3.05, 3.63) is 63.6 Å². The lowest BCUT2D eigenvalue weighted by Gasteiger charge is -2.35. The lowest BCUT2D eigenvalue weighted by Crippen LogP contribution is -2.43. The summed E-state index contributed by atoms with van der Waals surface area (Å²) in [5.41, 5.74) is 2.80. The number of para-hydroxylation sites is 1. The Labute approximate surface area is 123 Å². The van der Waals surface area contributed by atoms with Crippen molar-refractivity contribution in [2.45, 2.75) is 32.7 Å². The van der Waals surface area contributed by atoms with Crippen molar-refractivity contribution in [2.75, 3.05) is 4.90 Å². The van der Waals surface area contributed by atoms with Gasteiger partial charge in [-0.3, -0.25) is 9.59 Å². The van der Waals surface area contributed by atoms with Crippen LogP contribution in [0.15, 0.2) is 41.3 Å². The van der Waals surface area contributed by atoms with Crippen molar-refractivity contribution < 1.29 is 4.79 Å². The maximum atomic E-state index is 12.8. The smallest absolute Gasteiger partial charge is 0.263 e. The number of hydrogen-bond donors (Lipinski definition) is 1. The quantitative estimate of drug-likeness (QED) is 0.874. The van der Waals surface area contributed by atoms with Crippen molar-refractivity contribution in [1.29, 1.82) is 0 Å². The highest BCUT2D eigenvalue weighted by Crippen LogP contribution is 2.31. The number of pyridine rings is 1. The van der Waals surface area contributed by atoms with Gasteiger partial charge < -0.3 is 9.88 Å². The molecule has 1 N–H and O–H groups in total. The highest BCUT2D eigenvalue weighted by atomic mass is 16.2. The molecule has 0 aliphatic carbocycles. The number of nitrogens with one attached hydrogen (secondary N) is 1. The van der Waals surface area contributed by atoms with E-state index in [1.807, 2.05) is 31.2 Å². The van der Waals surface area contributed by atoms with Crippen LogP contribution in [0.3, 0.4) is 0 Å². The topological polar surface area (TPSA) is 53.2 Å². The summed E-state index contributed by atoms with van der Waals surface area (Å²) < 4.78 is 0. The summed E-state index contributed by atoms with van der Waals surface area (Å²) in [4.78, 5) is 29.6. The minimum Gasteiger partial charge on any atom is -0.364 e. The van der Waals surface area contributed by atoms with Crippen LogP contribution in [0.25, 0.3) is 0 Å². The molecule has 0 bridgehead atoms. The van der Waals surface area contributed by atoms with Crippen molar-refractivity contribution in [2.24, 2.45) is 0 Å². The maximum Gasteiger partial charge on any atom is 0.263 e. The Balaban J connectivity index is 2.07. The number of benzene rings is 1. The summed E-state index contributed by atoms with van der Waals surface area (Å²) in [6.45, 7) is 3.82. The molecule has 1 amide bonds. The average molecular weight is 282 g/mol. The molecule has 1 aromatic heterocycles. The number of carbonyl (C=O) groups is 1. The number of aromatic amines is 1. The fourth-order valence-corrected chi connectivity index (χ4v) is 2.87. The van der Waals surface area contributed by atoms with E-state index in [0.717, 1.165) is 29.8 Å². The number of anilines is 1. The van der Waals surface area contributed by atoms with Gasteiger partial charge in [0.1, 0.15) is 5.56 Å². The number of fused-ring (bicyclic) bond motifs is 1. The Hall–Kier alpha value is -2.36. The van der Waals surface area contributed by atoms with Gasteiger partial charge in [0.25, 0.3) is 5.91 Å². The maximum absolute atomic E-state index is 12.8. The van der Waals surface area contributed by atoms with Gasteiger partial charge in [0.05, 0.1) is 0 Å². The molecule has 0 spiro atoms. The van der Waals surface area contributed by atoms with Crippen molar-refractivity contribution >= 4 is 11.6 Å². The van der Waals surface area contributed by atoms with Crippen LogP contribution in [0.2, 0.25) is 0 Å². The average Bonchev–Trinajstić information content (AvgIpc) is 2.46. The molecule has 1 atom stereocenters. The van der Waals surface area contributed by atoms with Gasteiger partial charge in [-0.1, -0.05) is 18.2 Å². The first-order valence-corrected chi connectivity index (χ1v) is 7.18. The molecule has 0 saturated heterocycles. The summed E-state index contributed by atoms with van der Waals surface area (Å²) in [5, 5.41) is 0. The monoisotopic (exact) mass is 282 g/mol. The van der Waals surface area contributed by atoms with Crippen LogP contribution in [0, 0.1) is 6.92 Å². The number of H-pyrrole nitrogens is 1. The summed E-state index contributed by atoms with van der Waals surface area (Å²) in [6.07, 6.45) is 3.39. The number of aromatic nitrogens is 1. The second-order valence-corrected chi connectivity index (χ2v) is 5.59. The molecule has 4 nitrogen and oxygen atoms in total. The van der Waals surface area contributed by atoms with Crippen molar-refractivity contribution in [3.63, 3.8) is 0 Å². The highest BCUT2D eigenvalue weighted by Gasteiger charge is 2.29. The van der Waals surface area contributed by atoms with E-state index in [1.165, 1.54) is 12.3 Å². The molecule has 3 rings (SSSR count). The summed E-state index contributed by atoms with van der Waals surface area (Å²) in [5.74, 6) is -0.226. The third-order valence-corrected chi connectivity index (χ3v) is 4.03. The largest absolute Gasteiger partial charge is 0.364 e. The Morgan fingerprint density at radius 1 is 1.33 bits per heavy atom. The second kappa shape index (κ2) is 5.20. The van der Waals surface area contributed by atoms with Crippen LogP contribution in [0.5, 0.6) is 0 Å². The van der Waals surface area contributed by atoms with E-state index >= 15 is 0 Å². The number of aryl methyl sites for hydroxylation is 2. The molecule has 0 radical (unpaired) electrons. The van der Waals surface area contributed by atoms with E-state index in [2.05, 4.69) is 4.98 Å². The molecule has 0 saturated carbocycles. The summed E-state index contributed by atoms with van der Waals surface area (Å²) in [6, 6.07) is 9.46. The lowest BCUT2D eigenvalue weighted by molar-refractivity contribution is 0.0974. The summed E-state index contributed by atoms with van der Waals surface area (Å²) >= 11 is 0. The molecule has 21 heavy (non-hydrogen) atoms. The first-order valence-electron chi connectivity index (χ1n) is 7.18. The Bertz CT molecular complexity index is 748. The van der Waals surface area contributed by atoms with Crippen LogP contribution in [0.1, 0.15) is 35.0 Å². The molecule has 1 aliphatic rings. The molecule has 2 aromatic rings. The first kappa shape index (κ1) is 13.6. The number of nitrogens with zero attached hydrogens (tertiary/aromatic N) is 1.